The summed E-state index contributed by atoms with van der Waals surface area (Å²) in [7, 11) is 2.02. The van der Waals surface area contributed by atoms with E-state index in [2.05, 4.69) is 25.8 Å². The smallest absolute Gasteiger partial charge is 0.237 e. The van der Waals surface area contributed by atoms with E-state index >= 15 is 0 Å². The van der Waals surface area contributed by atoms with E-state index in [-0.39, 0.29) is 5.91 Å². The number of aromatic nitrogens is 1. The SMILES string of the molecule is CN(CC(=O)N1C[C@@H]2CC[C@H]1CN(C1CCOCC1)C2)Cc1cccnc1. The first kappa shape index (κ1) is 18.8. The minimum atomic E-state index is 0.282. The molecule has 4 aliphatic heterocycles. The van der Waals surface area contributed by atoms with Crippen molar-refractivity contribution in [3.8, 4) is 0 Å². The van der Waals surface area contributed by atoms with Crippen molar-refractivity contribution in [3.05, 3.63) is 30.1 Å². The fourth-order valence-electron chi connectivity index (χ4n) is 4.95. The highest BCUT2D eigenvalue weighted by atomic mass is 16.5. The third kappa shape index (κ3) is 4.68. The largest absolute Gasteiger partial charge is 0.381 e. The zero-order valence-corrected chi connectivity index (χ0v) is 16.4. The van der Waals surface area contributed by atoms with Crippen LogP contribution in [-0.4, -0.2) is 84.1 Å². The lowest BCUT2D eigenvalue weighted by Crippen LogP contribution is -2.51. The fraction of sp³-hybridized carbons (Fsp3) is 0.714. The summed E-state index contributed by atoms with van der Waals surface area (Å²) in [6.45, 7) is 6.14. The van der Waals surface area contributed by atoms with Gasteiger partial charge in [-0.1, -0.05) is 6.07 Å². The second-order valence-electron chi connectivity index (χ2n) is 8.47. The van der Waals surface area contributed by atoms with Crippen LogP contribution in [0.15, 0.2) is 24.5 Å². The molecule has 0 radical (unpaired) electrons. The molecule has 1 aromatic heterocycles. The van der Waals surface area contributed by atoms with Crippen molar-refractivity contribution in [1.82, 2.24) is 19.7 Å². The molecule has 4 saturated heterocycles. The van der Waals surface area contributed by atoms with Gasteiger partial charge in [0, 0.05) is 63.9 Å². The van der Waals surface area contributed by atoms with E-state index in [9.17, 15) is 4.79 Å². The Morgan fingerprint density at radius 3 is 2.81 bits per heavy atom. The number of rotatable bonds is 5. The maximum absolute atomic E-state index is 13.1. The van der Waals surface area contributed by atoms with Crippen molar-refractivity contribution in [1.29, 1.82) is 0 Å². The number of hydrogen-bond donors (Lipinski definition) is 0. The average molecular weight is 373 g/mol. The molecule has 1 amide bonds. The summed E-state index contributed by atoms with van der Waals surface area (Å²) in [5.41, 5.74) is 1.15. The Labute approximate surface area is 162 Å². The second kappa shape index (κ2) is 8.67. The number of ether oxygens (including phenoxy) is 1. The van der Waals surface area contributed by atoms with Gasteiger partial charge in [0.1, 0.15) is 0 Å². The van der Waals surface area contributed by atoms with E-state index in [0.29, 0.717) is 24.5 Å². The van der Waals surface area contributed by atoms with Crippen molar-refractivity contribution < 1.29 is 9.53 Å². The Kier molecular flexibility index (Phi) is 6.05. The zero-order chi connectivity index (χ0) is 18.6. The molecule has 6 nitrogen and oxygen atoms in total. The van der Waals surface area contributed by atoms with Gasteiger partial charge < -0.3 is 9.64 Å². The molecule has 0 N–H and O–H groups in total. The molecule has 0 aromatic carbocycles. The molecular formula is C21H32N4O2. The second-order valence-corrected chi connectivity index (χ2v) is 8.47. The Morgan fingerprint density at radius 1 is 1.19 bits per heavy atom. The van der Waals surface area contributed by atoms with Gasteiger partial charge in [-0.2, -0.15) is 0 Å². The van der Waals surface area contributed by atoms with Crippen molar-refractivity contribution in [2.45, 2.75) is 44.3 Å². The predicted molar refractivity (Wildman–Crippen MR) is 104 cm³/mol. The lowest BCUT2D eigenvalue weighted by molar-refractivity contribution is -0.136. The molecule has 5 rings (SSSR count). The Balaban J connectivity index is 1.35. The molecule has 4 aliphatic rings. The van der Waals surface area contributed by atoms with Crippen molar-refractivity contribution >= 4 is 5.91 Å². The first-order valence-corrected chi connectivity index (χ1v) is 10.4. The number of likely N-dealkylation sites (N-methyl/N-ethyl adjacent to an activating group) is 1. The zero-order valence-electron chi connectivity index (χ0n) is 16.4. The molecule has 0 aliphatic carbocycles. The van der Waals surface area contributed by atoms with Gasteiger partial charge in [-0.3, -0.25) is 19.6 Å². The number of amides is 1. The van der Waals surface area contributed by atoms with Crippen LogP contribution in [0.3, 0.4) is 0 Å². The summed E-state index contributed by atoms with van der Waals surface area (Å²) in [6, 6.07) is 5.04. The van der Waals surface area contributed by atoms with Gasteiger partial charge in [-0.15, -0.1) is 0 Å². The first-order valence-electron chi connectivity index (χ1n) is 10.4. The summed E-state index contributed by atoms with van der Waals surface area (Å²) in [5, 5.41) is 0. The normalized spacial score (nSPS) is 27.1. The maximum atomic E-state index is 13.1. The van der Waals surface area contributed by atoms with Crippen LogP contribution >= 0.6 is 0 Å². The number of hydrogen-bond acceptors (Lipinski definition) is 5. The molecule has 2 bridgehead atoms. The van der Waals surface area contributed by atoms with Gasteiger partial charge in [-0.25, -0.2) is 0 Å². The van der Waals surface area contributed by atoms with E-state index in [4.69, 9.17) is 4.74 Å². The van der Waals surface area contributed by atoms with Crippen LogP contribution in [0.25, 0.3) is 0 Å². The van der Waals surface area contributed by atoms with E-state index in [0.717, 1.165) is 64.2 Å². The van der Waals surface area contributed by atoms with Gasteiger partial charge in [0.15, 0.2) is 0 Å². The predicted octanol–water partition coefficient (Wildman–Crippen LogP) is 1.62. The number of pyridine rings is 1. The lowest BCUT2D eigenvalue weighted by atomic mass is 9.95. The average Bonchev–Trinajstić information content (AvgIpc) is 3.01. The van der Waals surface area contributed by atoms with Crippen molar-refractivity contribution in [2.24, 2.45) is 5.92 Å². The third-order valence-electron chi connectivity index (χ3n) is 6.35. The molecule has 27 heavy (non-hydrogen) atoms. The van der Waals surface area contributed by atoms with Crippen LogP contribution < -0.4 is 0 Å². The number of fused-ring (bicyclic) bond motifs is 4. The number of carbonyl (C=O) groups excluding carboxylic acids is 1. The van der Waals surface area contributed by atoms with E-state index in [1.165, 1.54) is 6.42 Å². The van der Waals surface area contributed by atoms with Gasteiger partial charge in [-0.05, 0) is 50.3 Å². The molecule has 148 valence electrons. The van der Waals surface area contributed by atoms with Crippen molar-refractivity contribution in [3.63, 3.8) is 0 Å². The Hall–Kier alpha value is -1.50. The van der Waals surface area contributed by atoms with Gasteiger partial charge >= 0.3 is 0 Å². The van der Waals surface area contributed by atoms with E-state index in [1.807, 2.05) is 19.3 Å². The van der Waals surface area contributed by atoms with E-state index < -0.39 is 0 Å². The van der Waals surface area contributed by atoms with Gasteiger partial charge in [0.2, 0.25) is 5.91 Å². The molecule has 0 spiro atoms. The van der Waals surface area contributed by atoms with Crippen LogP contribution in [0.1, 0.15) is 31.2 Å². The van der Waals surface area contributed by atoms with Crippen LogP contribution in [0.5, 0.6) is 0 Å². The van der Waals surface area contributed by atoms with Crippen LogP contribution in [0.4, 0.5) is 0 Å². The van der Waals surface area contributed by atoms with Crippen LogP contribution in [0, 0.1) is 5.92 Å². The van der Waals surface area contributed by atoms with Crippen LogP contribution in [0.2, 0.25) is 0 Å². The highest BCUT2D eigenvalue weighted by Gasteiger charge is 2.39. The minimum absolute atomic E-state index is 0.282. The van der Waals surface area contributed by atoms with Crippen LogP contribution in [-0.2, 0) is 16.1 Å². The number of nitrogens with zero attached hydrogens (tertiary/aromatic N) is 4. The molecule has 1 aromatic rings. The molecule has 0 saturated carbocycles. The molecule has 5 heterocycles. The summed E-state index contributed by atoms with van der Waals surface area (Å²) in [6.07, 6.45) is 8.36. The molecule has 6 heteroatoms. The Morgan fingerprint density at radius 2 is 2.04 bits per heavy atom. The standard InChI is InChI=1S/C21H32N4O2/c1-23(12-17-3-2-8-22-11-17)16-21(26)25-14-18-4-5-20(25)15-24(13-18)19-6-9-27-10-7-19/h2-3,8,11,18-20H,4-7,9-10,12-16H2,1H3/t18-,20+/m1/s1. The Bertz CT molecular complexity index is 620. The van der Waals surface area contributed by atoms with E-state index in [1.54, 1.807) is 6.20 Å². The molecular weight excluding hydrogens is 340 g/mol. The molecule has 2 atom stereocenters. The number of piperidine rings is 1. The summed E-state index contributed by atoms with van der Waals surface area (Å²) in [4.78, 5) is 24.2. The quantitative estimate of drug-likeness (QED) is 0.786. The van der Waals surface area contributed by atoms with Gasteiger partial charge in [0.05, 0.1) is 6.54 Å². The minimum Gasteiger partial charge on any atom is -0.381 e. The highest BCUT2D eigenvalue weighted by Crippen LogP contribution is 2.30. The maximum Gasteiger partial charge on any atom is 0.237 e. The lowest BCUT2D eigenvalue weighted by Gasteiger charge is -2.37. The monoisotopic (exact) mass is 372 g/mol. The summed E-state index contributed by atoms with van der Waals surface area (Å²) in [5.74, 6) is 0.907. The van der Waals surface area contributed by atoms with Gasteiger partial charge in [0.25, 0.3) is 0 Å². The first-order chi connectivity index (χ1) is 13.2. The number of carbonyl (C=O) groups is 1. The summed E-state index contributed by atoms with van der Waals surface area (Å²) < 4.78 is 5.54. The highest BCUT2D eigenvalue weighted by molar-refractivity contribution is 5.78. The topological polar surface area (TPSA) is 48.9 Å². The van der Waals surface area contributed by atoms with Crippen molar-refractivity contribution in [2.75, 3.05) is 46.4 Å². The molecule has 0 unspecified atom stereocenters. The summed E-state index contributed by atoms with van der Waals surface area (Å²) >= 11 is 0. The fourth-order valence-corrected chi connectivity index (χ4v) is 4.95. The third-order valence-corrected chi connectivity index (χ3v) is 6.35. The molecule has 4 fully saturated rings.